The van der Waals surface area contributed by atoms with Crippen LogP contribution in [0.2, 0.25) is 0 Å². The van der Waals surface area contributed by atoms with Gasteiger partial charge in [0.15, 0.2) is 0 Å². The largest absolute Gasteiger partial charge is 0.355 e. The van der Waals surface area contributed by atoms with Crippen LogP contribution in [0, 0.1) is 0 Å². The molecule has 20 heavy (non-hydrogen) atoms. The predicted molar refractivity (Wildman–Crippen MR) is 77.4 cm³/mol. The number of nitrogens with one attached hydrogen (secondary N) is 1. The molecule has 1 aliphatic heterocycles. The Morgan fingerprint density at radius 1 is 1.45 bits per heavy atom. The SMILES string of the molecule is CC(CNC(=O)CCSc1nnnn1C)N1CCCC1. The number of nitrogens with zero attached hydrogens (tertiary/aromatic N) is 5. The second kappa shape index (κ2) is 7.58. The molecule has 1 N–H and O–H groups in total. The first-order valence-electron chi connectivity index (χ1n) is 7.02. The molecule has 112 valence electrons. The maximum atomic E-state index is 11.8. The van der Waals surface area contributed by atoms with Crippen LogP contribution in [0.3, 0.4) is 0 Å². The molecular weight excluding hydrogens is 276 g/mol. The smallest absolute Gasteiger partial charge is 0.220 e. The van der Waals surface area contributed by atoms with Crippen LogP contribution in [0.15, 0.2) is 5.16 Å². The zero-order valence-corrected chi connectivity index (χ0v) is 12.9. The van der Waals surface area contributed by atoms with Gasteiger partial charge in [0.05, 0.1) is 0 Å². The molecule has 1 fully saturated rings. The summed E-state index contributed by atoms with van der Waals surface area (Å²) in [5, 5.41) is 14.9. The lowest BCUT2D eigenvalue weighted by Gasteiger charge is -2.23. The van der Waals surface area contributed by atoms with Gasteiger partial charge in [0, 0.05) is 31.8 Å². The van der Waals surface area contributed by atoms with Crippen LogP contribution in [0.25, 0.3) is 0 Å². The molecule has 1 amide bonds. The summed E-state index contributed by atoms with van der Waals surface area (Å²) in [4.78, 5) is 14.2. The summed E-state index contributed by atoms with van der Waals surface area (Å²) in [6.45, 7) is 5.22. The number of tetrazole rings is 1. The van der Waals surface area contributed by atoms with Gasteiger partial charge in [-0.25, -0.2) is 4.68 Å². The summed E-state index contributed by atoms with van der Waals surface area (Å²) < 4.78 is 1.61. The van der Waals surface area contributed by atoms with E-state index >= 15 is 0 Å². The van der Waals surface area contributed by atoms with E-state index in [2.05, 4.69) is 32.7 Å². The summed E-state index contributed by atoms with van der Waals surface area (Å²) in [5.41, 5.74) is 0. The third kappa shape index (κ3) is 4.45. The standard InChI is InChI=1S/C12H22N6OS/c1-10(18-6-3-4-7-18)9-13-11(19)5-8-20-12-14-15-16-17(12)2/h10H,3-9H2,1-2H3,(H,13,19). The van der Waals surface area contributed by atoms with Crippen molar-refractivity contribution in [3.05, 3.63) is 0 Å². The van der Waals surface area contributed by atoms with E-state index in [1.807, 2.05) is 0 Å². The van der Waals surface area contributed by atoms with E-state index in [1.54, 1.807) is 11.7 Å². The van der Waals surface area contributed by atoms with E-state index in [0.717, 1.165) is 24.8 Å². The van der Waals surface area contributed by atoms with Gasteiger partial charge in [-0.05, 0) is 43.3 Å². The number of hydrogen-bond donors (Lipinski definition) is 1. The molecule has 0 radical (unpaired) electrons. The lowest BCUT2D eigenvalue weighted by Crippen LogP contribution is -2.40. The molecule has 7 nitrogen and oxygen atoms in total. The summed E-state index contributed by atoms with van der Waals surface area (Å²) >= 11 is 1.50. The molecule has 0 spiro atoms. The molecule has 8 heteroatoms. The Labute approximate surface area is 123 Å². The summed E-state index contributed by atoms with van der Waals surface area (Å²) in [5.74, 6) is 0.789. The normalized spacial score (nSPS) is 17.3. The average molecular weight is 298 g/mol. The third-order valence-electron chi connectivity index (χ3n) is 3.50. The van der Waals surface area contributed by atoms with Crippen molar-refractivity contribution in [2.24, 2.45) is 7.05 Å². The maximum Gasteiger partial charge on any atom is 0.220 e. The van der Waals surface area contributed by atoms with E-state index in [1.165, 1.54) is 24.6 Å². The topological polar surface area (TPSA) is 75.9 Å². The second-order valence-corrected chi connectivity index (χ2v) is 6.14. The Kier molecular flexibility index (Phi) is 5.78. The van der Waals surface area contributed by atoms with E-state index in [-0.39, 0.29) is 5.91 Å². The van der Waals surface area contributed by atoms with Crippen LogP contribution in [0.1, 0.15) is 26.2 Å². The van der Waals surface area contributed by atoms with E-state index < -0.39 is 0 Å². The molecule has 0 saturated carbocycles. The minimum atomic E-state index is 0.0960. The highest BCUT2D eigenvalue weighted by atomic mass is 32.2. The van der Waals surface area contributed by atoms with E-state index in [0.29, 0.717) is 18.2 Å². The Morgan fingerprint density at radius 2 is 2.20 bits per heavy atom. The average Bonchev–Trinajstić information content (AvgIpc) is 3.08. The highest BCUT2D eigenvalue weighted by Gasteiger charge is 2.18. The van der Waals surface area contributed by atoms with Gasteiger partial charge in [-0.15, -0.1) is 5.10 Å². The van der Waals surface area contributed by atoms with Gasteiger partial charge in [-0.1, -0.05) is 11.8 Å². The van der Waals surface area contributed by atoms with Crippen LogP contribution in [0.5, 0.6) is 0 Å². The van der Waals surface area contributed by atoms with Gasteiger partial charge in [0.25, 0.3) is 0 Å². The lowest BCUT2D eigenvalue weighted by atomic mass is 10.3. The first-order valence-corrected chi connectivity index (χ1v) is 8.01. The number of aromatic nitrogens is 4. The summed E-state index contributed by atoms with van der Waals surface area (Å²) in [6, 6.07) is 0.428. The third-order valence-corrected chi connectivity index (χ3v) is 4.51. The van der Waals surface area contributed by atoms with Crippen LogP contribution in [-0.4, -0.2) is 62.4 Å². The molecule has 1 aromatic rings. The molecule has 0 aliphatic carbocycles. The minimum Gasteiger partial charge on any atom is -0.355 e. The number of rotatable bonds is 7. The fourth-order valence-electron chi connectivity index (χ4n) is 2.24. The van der Waals surface area contributed by atoms with E-state index in [4.69, 9.17) is 0 Å². The number of carbonyl (C=O) groups is 1. The second-order valence-electron chi connectivity index (χ2n) is 5.08. The predicted octanol–water partition coefficient (Wildman–Crippen LogP) is 0.293. The first kappa shape index (κ1) is 15.2. The van der Waals surface area contributed by atoms with Crippen molar-refractivity contribution in [2.45, 2.75) is 37.4 Å². The molecule has 2 rings (SSSR count). The number of thioether (sulfide) groups is 1. The molecule has 1 saturated heterocycles. The van der Waals surface area contributed by atoms with Crippen molar-refractivity contribution in [3.8, 4) is 0 Å². The van der Waals surface area contributed by atoms with Crippen LogP contribution in [-0.2, 0) is 11.8 Å². The van der Waals surface area contributed by atoms with Crippen LogP contribution >= 0.6 is 11.8 Å². The first-order chi connectivity index (χ1) is 9.66. The van der Waals surface area contributed by atoms with Crippen molar-refractivity contribution < 1.29 is 4.79 Å². The Bertz CT molecular complexity index is 431. The van der Waals surface area contributed by atoms with Gasteiger partial charge < -0.3 is 5.32 Å². The monoisotopic (exact) mass is 298 g/mol. The zero-order chi connectivity index (χ0) is 14.4. The quantitative estimate of drug-likeness (QED) is 0.729. The Hall–Kier alpha value is -1.15. The van der Waals surface area contributed by atoms with E-state index in [9.17, 15) is 4.79 Å². The Morgan fingerprint density at radius 3 is 2.85 bits per heavy atom. The van der Waals surface area contributed by atoms with Gasteiger partial charge in [0.2, 0.25) is 11.1 Å². The summed E-state index contributed by atoms with van der Waals surface area (Å²) in [7, 11) is 1.79. The summed E-state index contributed by atoms with van der Waals surface area (Å²) in [6.07, 6.45) is 3.05. The number of amides is 1. The zero-order valence-electron chi connectivity index (χ0n) is 12.1. The molecule has 1 aliphatic rings. The lowest BCUT2D eigenvalue weighted by molar-refractivity contribution is -0.120. The van der Waals surface area contributed by atoms with Gasteiger partial charge >= 0.3 is 0 Å². The molecule has 1 atom stereocenters. The molecule has 0 aromatic carbocycles. The van der Waals surface area contributed by atoms with Gasteiger partial charge in [0.1, 0.15) is 0 Å². The molecule has 1 aromatic heterocycles. The van der Waals surface area contributed by atoms with Crippen molar-refractivity contribution in [3.63, 3.8) is 0 Å². The number of hydrogen-bond acceptors (Lipinski definition) is 6. The fourth-order valence-corrected chi connectivity index (χ4v) is 3.03. The number of carbonyl (C=O) groups excluding carboxylic acids is 1. The fraction of sp³-hybridized carbons (Fsp3) is 0.833. The van der Waals surface area contributed by atoms with Crippen molar-refractivity contribution in [2.75, 3.05) is 25.4 Å². The highest BCUT2D eigenvalue weighted by Crippen LogP contribution is 2.13. The van der Waals surface area contributed by atoms with Gasteiger partial charge in [-0.2, -0.15) is 0 Å². The van der Waals surface area contributed by atoms with Crippen molar-refractivity contribution in [1.29, 1.82) is 0 Å². The molecule has 0 bridgehead atoms. The minimum absolute atomic E-state index is 0.0960. The van der Waals surface area contributed by atoms with Gasteiger partial charge in [-0.3, -0.25) is 9.69 Å². The molecule has 1 unspecified atom stereocenters. The number of aryl methyl sites for hydroxylation is 1. The maximum absolute atomic E-state index is 11.8. The molecule has 2 heterocycles. The van der Waals surface area contributed by atoms with Crippen LogP contribution < -0.4 is 5.32 Å². The van der Waals surface area contributed by atoms with Crippen LogP contribution in [0.4, 0.5) is 0 Å². The van der Waals surface area contributed by atoms with Crippen molar-refractivity contribution in [1.82, 2.24) is 30.4 Å². The Balaban J connectivity index is 1.59. The van der Waals surface area contributed by atoms with Crippen molar-refractivity contribution >= 4 is 17.7 Å². The molecular formula is C12H22N6OS. The number of likely N-dealkylation sites (tertiary alicyclic amines) is 1. The highest BCUT2D eigenvalue weighted by molar-refractivity contribution is 7.99.